The van der Waals surface area contributed by atoms with Gasteiger partial charge in [0.15, 0.2) is 0 Å². The summed E-state index contributed by atoms with van der Waals surface area (Å²) < 4.78 is 12.3. The van der Waals surface area contributed by atoms with Gasteiger partial charge in [-0.15, -0.1) is 0 Å². The molecule has 2 aliphatic heterocycles. The molecule has 0 amide bonds. The number of benzene rings is 3. The van der Waals surface area contributed by atoms with Crippen LogP contribution in [-0.4, -0.2) is 17.3 Å². The number of unbranched alkanes of at least 4 members (excludes halogenated alkanes) is 1. The Labute approximate surface area is 177 Å². The van der Waals surface area contributed by atoms with Crippen molar-refractivity contribution in [2.75, 3.05) is 6.61 Å². The number of nitrogens with zero attached hydrogens (tertiary/aromatic N) is 2. The third kappa shape index (κ3) is 3.54. The van der Waals surface area contributed by atoms with Gasteiger partial charge in [-0.1, -0.05) is 61.9 Å². The Hall–Kier alpha value is -3.27. The van der Waals surface area contributed by atoms with Gasteiger partial charge < -0.3 is 9.47 Å². The maximum atomic E-state index is 6.43. The summed E-state index contributed by atoms with van der Waals surface area (Å²) in [5, 5.41) is 7.14. The van der Waals surface area contributed by atoms with E-state index in [0.717, 1.165) is 48.6 Å². The number of para-hydroxylation sites is 1. The first-order valence-corrected chi connectivity index (χ1v) is 10.7. The van der Waals surface area contributed by atoms with Gasteiger partial charge >= 0.3 is 0 Å². The summed E-state index contributed by atoms with van der Waals surface area (Å²) in [6, 6.07) is 27.1. The van der Waals surface area contributed by atoms with E-state index in [2.05, 4.69) is 66.5 Å². The van der Waals surface area contributed by atoms with Crippen molar-refractivity contribution in [1.82, 2.24) is 5.01 Å². The van der Waals surface area contributed by atoms with Crippen molar-refractivity contribution in [2.24, 2.45) is 5.10 Å². The Morgan fingerprint density at radius 2 is 1.73 bits per heavy atom. The third-order valence-electron chi connectivity index (χ3n) is 5.74. The fourth-order valence-corrected chi connectivity index (χ4v) is 4.12. The van der Waals surface area contributed by atoms with Gasteiger partial charge in [-0.05, 0) is 42.3 Å². The molecule has 0 spiro atoms. The molecule has 4 heteroatoms. The van der Waals surface area contributed by atoms with Crippen LogP contribution in [0.3, 0.4) is 0 Å². The van der Waals surface area contributed by atoms with Crippen LogP contribution in [0.15, 0.2) is 84.0 Å². The van der Waals surface area contributed by atoms with Crippen LogP contribution in [0.25, 0.3) is 0 Å². The first-order chi connectivity index (χ1) is 14.8. The molecule has 0 N–H and O–H groups in total. The molecule has 5 rings (SSSR count). The van der Waals surface area contributed by atoms with E-state index in [1.54, 1.807) is 0 Å². The van der Waals surface area contributed by atoms with Crippen molar-refractivity contribution >= 4 is 5.71 Å². The number of fused-ring (bicyclic) bond motifs is 3. The van der Waals surface area contributed by atoms with E-state index >= 15 is 0 Å². The topological polar surface area (TPSA) is 34.1 Å². The lowest BCUT2D eigenvalue weighted by Gasteiger charge is -2.38. The molecule has 0 aromatic heterocycles. The van der Waals surface area contributed by atoms with Crippen LogP contribution in [-0.2, 0) is 0 Å². The van der Waals surface area contributed by atoms with E-state index in [0.29, 0.717) is 0 Å². The van der Waals surface area contributed by atoms with Crippen LogP contribution in [0.5, 0.6) is 11.5 Å². The molecule has 3 aromatic carbocycles. The maximum Gasteiger partial charge on any atom is 0.213 e. The normalized spacial score (nSPS) is 19.5. The monoisotopic (exact) mass is 398 g/mol. The zero-order valence-corrected chi connectivity index (χ0v) is 17.2. The summed E-state index contributed by atoms with van der Waals surface area (Å²) in [5.74, 6) is 1.84. The molecule has 2 heterocycles. The van der Waals surface area contributed by atoms with E-state index < -0.39 is 0 Å². The highest BCUT2D eigenvalue weighted by atomic mass is 16.5. The van der Waals surface area contributed by atoms with Crippen molar-refractivity contribution in [3.05, 3.63) is 95.6 Å². The molecule has 0 aliphatic carbocycles. The van der Waals surface area contributed by atoms with Gasteiger partial charge in [0.2, 0.25) is 6.23 Å². The molecule has 0 radical (unpaired) electrons. The molecule has 30 heavy (non-hydrogen) atoms. The first kappa shape index (κ1) is 18.7. The number of hydrogen-bond acceptors (Lipinski definition) is 4. The average molecular weight is 399 g/mol. The van der Waals surface area contributed by atoms with E-state index in [1.807, 2.05) is 24.3 Å². The SMILES string of the molecule is CCCCOc1ccc([C@H]2Oc3ccccc3[C@H]3CC(c4ccccc4)=NN32)cc1. The summed E-state index contributed by atoms with van der Waals surface area (Å²) in [5.41, 5.74) is 4.55. The maximum absolute atomic E-state index is 6.43. The van der Waals surface area contributed by atoms with E-state index in [9.17, 15) is 0 Å². The van der Waals surface area contributed by atoms with E-state index in [1.165, 1.54) is 11.1 Å². The largest absolute Gasteiger partial charge is 0.494 e. The smallest absolute Gasteiger partial charge is 0.213 e. The van der Waals surface area contributed by atoms with E-state index in [4.69, 9.17) is 14.6 Å². The van der Waals surface area contributed by atoms with Crippen LogP contribution >= 0.6 is 0 Å². The van der Waals surface area contributed by atoms with Crippen LogP contribution in [0.4, 0.5) is 0 Å². The molecule has 2 atom stereocenters. The number of hydrazone groups is 1. The quantitative estimate of drug-likeness (QED) is 0.470. The zero-order chi connectivity index (χ0) is 20.3. The van der Waals surface area contributed by atoms with E-state index in [-0.39, 0.29) is 12.3 Å². The Morgan fingerprint density at radius 3 is 2.53 bits per heavy atom. The van der Waals surface area contributed by atoms with Crippen molar-refractivity contribution in [2.45, 2.75) is 38.5 Å². The Morgan fingerprint density at radius 1 is 0.967 bits per heavy atom. The summed E-state index contributed by atoms with van der Waals surface area (Å²) in [6.45, 7) is 2.92. The van der Waals surface area contributed by atoms with Crippen LogP contribution in [0, 0.1) is 0 Å². The molecule has 0 saturated heterocycles. The minimum absolute atomic E-state index is 0.177. The minimum Gasteiger partial charge on any atom is -0.494 e. The molecular formula is C26H26N2O2. The second kappa shape index (κ2) is 8.23. The number of rotatable bonds is 6. The zero-order valence-electron chi connectivity index (χ0n) is 17.2. The molecule has 152 valence electrons. The second-order valence-electron chi connectivity index (χ2n) is 7.79. The standard InChI is InChI=1S/C26H26N2O2/c1-2-3-17-29-21-15-13-20(14-16-21)26-28-24(22-11-7-8-12-25(22)30-26)18-23(27-28)19-9-5-4-6-10-19/h4-16,24,26H,2-3,17-18H2,1H3/t24-,26-/m1/s1. The lowest BCUT2D eigenvalue weighted by Crippen LogP contribution is -2.33. The third-order valence-corrected chi connectivity index (χ3v) is 5.74. The van der Waals surface area contributed by atoms with Gasteiger partial charge in [0.25, 0.3) is 0 Å². The summed E-state index contributed by atoms with van der Waals surface area (Å²) in [4.78, 5) is 0. The number of ether oxygens (including phenoxy) is 2. The molecule has 4 nitrogen and oxygen atoms in total. The van der Waals surface area contributed by atoms with Gasteiger partial charge in [-0.25, -0.2) is 5.01 Å². The predicted molar refractivity (Wildman–Crippen MR) is 119 cm³/mol. The summed E-state index contributed by atoms with van der Waals surface area (Å²) >= 11 is 0. The fraction of sp³-hybridized carbons (Fsp3) is 0.269. The lowest BCUT2D eigenvalue weighted by atomic mass is 9.96. The first-order valence-electron chi connectivity index (χ1n) is 10.7. The van der Waals surface area contributed by atoms with Crippen LogP contribution < -0.4 is 9.47 Å². The van der Waals surface area contributed by atoms with Crippen molar-refractivity contribution in [3.8, 4) is 11.5 Å². The highest BCUT2D eigenvalue weighted by Gasteiger charge is 2.40. The van der Waals surface area contributed by atoms with Gasteiger partial charge in [0.1, 0.15) is 11.5 Å². The van der Waals surface area contributed by atoms with Crippen molar-refractivity contribution < 1.29 is 9.47 Å². The Bertz CT molecular complexity index is 1030. The minimum atomic E-state index is -0.254. The summed E-state index contributed by atoms with van der Waals surface area (Å²) in [6.07, 6.45) is 2.82. The molecule has 0 fully saturated rings. The van der Waals surface area contributed by atoms with Gasteiger partial charge in [0.05, 0.1) is 18.4 Å². The average Bonchev–Trinajstić information content (AvgIpc) is 3.26. The second-order valence-corrected chi connectivity index (χ2v) is 7.79. The molecule has 0 saturated carbocycles. The Kier molecular flexibility index (Phi) is 5.14. The van der Waals surface area contributed by atoms with Crippen LogP contribution in [0.1, 0.15) is 55.1 Å². The Balaban J connectivity index is 1.46. The molecule has 2 aliphatic rings. The van der Waals surface area contributed by atoms with Gasteiger partial charge in [0, 0.05) is 17.5 Å². The molecule has 0 bridgehead atoms. The molecule has 0 unspecified atom stereocenters. The van der Waals surface area contributed by atoms with Crippen molar-refractivity contribution in [3.63, 3.8) is 0 Å². The van der Waals surface area contributed by atoms with Crippen LogP contribution in [0.2, 0.25) is 0 Å². The lowest BCUT2D eigenvalue weighted by molar-refractivity contribution is -0.0190. The fourth-order valence-electron chi connectivity index (χ4n) is 4.12. The molecular weight excluding hydrogens is 372 g/mol. The van der Waals surface area contributed by atoms with Crippen molar-refractivity contribution in [1.29, 1.82) is 0 Å². The van der Waals surface area contributed by atoms with Gasteiger partial charge in [-0.3, -0.25) is 0 Å². The highest BCUT2D eigenvalue weighted by molar-refractivity contribution is 6.01. The molecule has 3 aromatic rings. The predicted octanol–water partition coefficient (Wildman–Crippen LogP) is 6.11. The van der Waals surface area contributed by atoms with Gasteiger partial charge in [-0.2, -0.15) is 5.10 Å². The highest BCUT2D eigenvalue weighted by Crippen LogP contribution is 2.47. The summed E-state index contributed by atoms with van der Waals surface area (Å²) in [7, 11) is 0. The number of hydrogen-bond donors (Lipinski definition) is 0.